The first kappa shape index (κ1) is 18.1. The number of thioether (sulfide) groups is 1. The Balaban J connectivity index is 2.45. The van der Waals surface area contributed by atoms with Crippen LogP contribution >= 0.6 is 35.0 Å². The van der Waals surface area contributed by atoms with Crippen molar-refractivity contribution in [1.82, 2.24) is 0 Å². The van der Waals surface area contributed by atoms with Crippen molar-refractivity contribution in [2.24, 2.45) is 0 Å². The normalized spacial score (nSPS) is 10.6. The summed E-state index contributed by atoms with van der Waals surface area (Å²) in [6.45, 7) is 0. The third kappa shape index (κ3) is 4.88. The van der Waals surface area contributed by atoms with Gasteiger partial charge in [-0.15, -0.1) is 0 Å². The molecule has 0 atom stereocenters. The van der Waals surface area contributed by atoms with Crippen molar-refractivity contribution < 1.29 is 4.39 Å². The Morgan fingerprint density at radius 3 is 2.25 bits per heavy atom. The largest absolute Gasteiger partial charge is 0.207 e. The molecule has 0 saturated carbocycles. The molecular weight excluding hydrogens is 366 g/mol. The van der Waals surface area contributed by atoms with E-state index >= 15 is 0 Å². The summed E-state index contributed by atoms with van der Waals surface area (Å²) < 4.78 is 13.2. The average Bonchev–Trinajstić information content (AvgIpc) is 2.57. The van der Waals surface area contributed by atoms with Crippen molar-refractivity contribution in [3.05, 3.63) is 81.6 Å². The summed E-state index contributed by atoms with van der Waals surface area (Å²) in [4.78, 5) is 1.39. The maximum Gasteiger partial charge on any atom is 0.129 e. The highest BCUT2D eigenvalue weighted by Crippen LogP contribution is 2.38. The molecule has 0 aliphatic rings. The van der Waals surface area contributed by atoms with E-state index in [1.54, 1.807) is 36.4 Å². The van der Waals surface area contributed by atoms with Gasteiger partial charge in [0.25, 0.3) is 0 Å². The third-order valence-electron chi connectivity index (χ3n) is 2.88. The maximum atomic E-state index is 13.2. The molecule has 0 bridgehead atoms. The zero-order valence-electron chi connectivity index (χ0n) is 12.1. The van der Waals surface area contributed by atoms with E-state index in [4.69, 9.17) is 33.7 Å². The molecule has 0 aromatic heterocycles. The molecule has 24 heavy (non-hydrogen) atoms. The smallest absolute Gasteiger partial charge is 0.129 e. The van der Waals surface area contributed by atoms with E-state index in [1.807, 2.05) is 12.1 Å². The Bertz CT molecular complexity index is 875. The molecule has 6 heteroatoms. The zero-order chi connectivity index (χ0) is 17.5. The van der Waals surface area contributed by atoms with E-state index in [9.17, 15) is 4.39 Å². The van der Waals surface area contributed by atoms with Crippen LogP contribution in [0.25, 0.3) is 4.91 Å². The van der Waals surface area contributed by atoms with Crippen molar-refractivity contribution in [3.8, 4) is 12.1 Å². The predicted octanol–water partition coefficient (Wildman–Crippen LogP) is 6.24. The first-order valence-electron chi connectivity index (χ1n) is 6.64. The van der Waals surface area contributed by atoms with Gasteiger partial charge in [0.2, 0.25) is 0 Å². The van der Waals surface area contributed by atoms with E-state index in [0.29, 0.717) is 9.92 Å². The molecule has 0 aliphatic heterocycles. The fourth-order valence-electron chi connectivity index (χ4n) is 1.74. The van der Waals surface area contributed by atoms with Gasteiger partial charge in [0, 0.05) is 14.8 Å². The highest BCUT2D eigenvalue weighted by molar-refractivity contribution is 8.08. The molecule has 2 aromatic rings. The first-order valence-corrected chi connectivity index (χ1v) is 8.21. The molecule has 0 fully saturated rings. The topological polar surface area (TPSA) is 47.6 Å². The number of benzene rings is 2. The molecule has 2 nitrogen and oxygen atoms in total. The first-order chi connectivity index (χ1) is 11.5. The quantitative estimate of drug-likeness (QED) is 0.361. The van der Waals surface area contributed by atoms with Gasteiger partial charge in [-0.2, -0.15) is 10.5 Å². The predicted molar refractivity (Wildman–Crippen MR) is 96.0 cm³/mol. The minimum Gasteiger partial charge on any atom is -0.207 e. The standard InChI is InChI=1S/C18H9Cl2FN2S/c19-14-4-2-13(3-5-14)17(7-1-12(10-22)11-23)24-18-8-6-15(21)9-16(18)20/h1-9H/b17-7-. The Labute approximate surface area is 153 Å². The highest BCUT2D eigenvalue weighted by Gasteiger charge is 2.08. The van der Waals surface area contributed by atoms with Crippen LogP contribution in [0, 0.1) is 28.5 Å². The number of nitriles is 2. The van der Waals surface area contributed by atoms with Crippen LogP contribution in [-0.2, 0) is 0 Å². The van der Waals surface area contributed by atoms with Crippen molar-refractivity contribution in [1.29, 1.82) is 10.5 Å². The van der Waals surface area contributed by atoms with E-state index in [-0.39, 0.29) is 10.6 Å². The fourth-order valence-corrected chi connectivity index (χ4v) is 3.07. The van der Waals surface area contributed by atoms with Gasteiger partial charge in [0.1, 0.15) is 23.5 Å². The van der Waals surface area contributed by atoms with Gasteiger partial charge in [-0.05, 0) is 48.0 Å². The Morgan fingerprint density at radius 2 is 1.67 bits per heavy atom. The summed E-state index contributed by atoms with van der Waals surface area (Å²) in [5.74, 6) is -0.419. The monoisotopic (exact) mass is 374 g/mol. The van der Waals surface area contributed by atoms with Crippen LogP contribution in [0.4, 0.5) is 4.39 Å². The average molecular weight is 375 g/mol. The molecule has 0 spiro atoms. The zero-order valence-corrected chi connectivity index (χ0v) is 14.5. The van der Waals surface area contributed by atoms with E-state index in [2.05, 4.69) is 0 Å². The molecule has 0 heterocycles. The molecule has 0 aliphatic carbocycles. The number of hydrogen-bond donors (Lipinski definition) is 0. The van der Waals surface area contributed by atoms with Crippen LogP contribution < -0.4 is 0 Å². The number of allylic oxidation sites excluding steroid dienone is 3. The lowest BCUT2D eigenvalue weighted by Gasteiger charge is -2.09. The van der Waals surface area contributed by atoms with Crippen molar-refractivity contribution in [2.75, 3.05) is 0 Å². The second-order valence-corrected chi connectivity index (χ2v) is 6.45. The van der Waals surface area contributed by atoms with Crippen molar-refractivity contribution in [2.45, 2.75) is 4.90 Å². The van der Waals surface area contributed by atoms with Crippen LogP contribution in [-0.4, -0.2) is 0 Å². The molecule has 0 amide bonds. The molecule has 2 rings (SSSR count). The summed E-state index contributed by atoms with van der Waals surface area (Å²) in [6, 6.07) is 14.8. The van der Waals surface area contributed by atoms with Crippen LogP contribution in [0.2, 0.25) is 10.0 Å². The molecule has 0 saturated heterocycles. The minimum absolute atomic E-state index is 0.0210. The fraction of sp³-hybridized carbons (Fsp3) is 0. The van der Waals surface area contributed by atoms with E-state index in [1.165, 1.54) is 30.0 Å². The Morgan fingerprint density at radius 1 is 1.00 bits per heavy atom. The minimum atomic E-state index is -0.419. The number of nitrogens with zero attached hydrogens (tertiary/aromatic N) is 2. The molecule has 118 valence electrons. The molecule has 0 N–H and O–H groups in total. The highest BCUT2D eigenvalue weighted by atomic mass is 35.5. The van der Waals surface area contributed by atoms with Gasteiger partial charge >= 0.3 is 0 Å². The van der Waals surface area contributed by atoms with Crippen LogP contribution in [0.1, 0.15) is 5.56 Å². The number of rotatable bonds is 4. The van der Waals surface area contributed by atoms with E-state index < -0.39 is 5.82 Å². The number of halogens is 3. The van der Waals surface area contributed by atoms with Gasteiger partial charge in [-0.1, -0.05) is 47.1 Å². The summed E-state index contributed by atoms with van der Waals surface area (Å²) in [7, 11) is 0. The second kappa shape index (κ2) is 8.57. The summed E-state index contributed by atoms with van der Waals surface area (Å²) in [6.07, 6.45) is 3.07. The van der Waals surface area contributed by atoms with Gasteiger partial charge in [-0.25, -0.2) is 4.39 Å². The van der Waals surface area contributed by atoms with Gasteiger partial charge < -0.3 is 0 Å². The van der Waals surface area contributed by atoms with Crippen molar-refractivity contribution in [3.63, 3.8) is 0 Å². The van der Waals surface area contributed by atoms with Crippen LogP contribution in [0.15, 0.2) is 65.1 Å². The Hall–Kier alpha value is -2.24. The molecule has 0 unspecified atom stereocenters. The lowest BCUT2D eigenvalue weighted by Crippen LogP contribution is -1.83. The molecule has 0 radical (unpaired) electrons. The van der Waals surface area contributed by atoms with Gasteiger partial charge in [-0.3, -0.25) is 0 Å². The SMILES string of the molecule is N#CC(C#N)=C/C=C(\Sc1ccc(F)cc1Cl)c1ccc(Cl)cc1. The number of hydrogen-bond acceptors (Lipinski definition) is 3. The van der Waals surface area contributed by atoms with E-state index in [0.717, 1.165) is 10.5 Å². The summed E-state index contributed by atoms with van der Waals surface area (Å²) >= 11 is 13.3. The molecule has 2 aromatic carbocycles. The maximum absolute atomic E-state index is 13.2. The molecular formula is C18H9Cl2FN2S. The lowest BCUT2D eigenvalue weighted by molar-refractivity contribution is 0.626. The Kier molecular flexibility index (Phi) is 6.46. The van der Waals surface area contributed by atoms with Gasteiger partial charge in [0.15, 0.2) is 0 Å². The van der Waals surface area contributed by atoms with Crippen molar-refractivity contribution >= 4 is 39.9 Å². The second-order valence-electron chi connectivity index (χ2n) is 4.52. The lowest BCUT2D eigenvalue weighted by atomic mass is 10.2. The third-order valence-corrected chi connectivity index (χ3v) is 4.73. The van der Waals surface area contributed by atoms with Gasteiger partial charge in [0.05, 0.1) is 5.02 Å². The van der Waals surface area contributed by atoms with Crippen LogP contribution in [0.3, 0.4) is 0 Å². The summed E-state index contributed by atoms with van der Waals surface area (Å²) in [5, 5.41) is 18.6. The summed E-state index contributed by atoms with van der Waals surface area (Å²) in [5.41, 5.74) is 0.809. The van der Waals surface area contributed by atoms with Crippen LogP contribution in [0.5, 0.6) is 0 Å².